The zero-order valence-corrected chi connectivity index (χ0v) is 12.3. The predicted octanol–water partition coefficient (Wildman–Crippen LogP) is 3.50. The molecule has 102 valence electrons. The first-order valence-corrected chi connectivity index (χ1v) is 7.98. The summed E-state index contributed by atoms with van der Waals surface area (Å²) in [6, 6.07) is 7.07. The minimum absolute atomic E-state index is 0.314. The van der Waals surface area contributed by atoms with Gasteiger partial charge in [-0.15, -0.1) is 0 Å². The Morgan fingerprint density at radius 1 is 1.26 bits per heavy atom. The molecule has 2 rings (SSSR count). The molecule has 0 spiro atoms. The van der Waals surface area contributed by atoms with Crippen molar-refractivity contribution in [2.45, 2.75) is 11.5 Å². The molecule has 0 aliphatic rings. The van der Waals surface area contributed by atoms with Crippen molar-refractivity contribution >= 4 is 35.7 Å². The number of halogens is 4. The van der Waals surface area contributed by atoms with Crippen LogP contribution in [0.5, 0.6) is 0 Å². The second kappa shape index (κ2) is 5.18. The lowest BCUT2D eigenvalue weighted by atomic mass is 10.3. The highest BCUT2D eigenvalue weighted by atomic mass is 79.9. The van der Waals surface area contributed by atoms with Crippen LogP contribution in [0.15, 0.2) is 39.8 Å². The minimum atomic E-state index is -4.18. The third kappa shape index (κ3) is 3.13. The monoisotopic (exact) mass is 370 g/mol. The molecule has 0 atom stereocenters. The Morgan fingerprint density at radius 2 is 1.84 bits per heavy atom. The van der Waals surface area contributed by atoms with Crippen molar-refractivity contribution in [3.8, 4) is 5.69 Å². The highest BCUT2D eigenvalue weighted by Gasteiger charge is 2.23. The van der Waals surface area contributed by atoms with E-state index in [1.54, 1.807) is 12.1 Å². The topological polar surface area (TPSA) is 52.0 Å². The lowest BCUT2D eigenvalue weighted by Crippen LogP contribution is -2.04. The molecule has 9 heteroatoms. The average Bonchev–Trinajstić information content (AvgIpc) is 2.74. The number of benzene rings is 1. The maximum Gasteiger partial charge on any atom is 0.282 e. The van der Waals surface area contributed by atoms with Crippen LogP contribution in [-0.2, 0) is 9.05 Å². The standard InChI is InChI=1S/C10H6BrClF2N2O2S/c11-6-1-3-7(4-2-6)16-9(19(12,17)18)5-8(15-16)10(13)14/h1-5,10H. The molecule has 0 radical (unpaired) electrons. The molecule has 0 saturated heterocycles. The Kier molecular flexibility index (Phi) is 3.93. The van der Waals surface area contributed by atoms with E-state index >= 15 is 0 Å². The molecule has 1 heterocycles. The van der Waals surface area contributed by atoms with Gasteiger partial charge in [0.2, 0.25) is 0 Å². The van der Waals surface area contributed by atoms with Gasteiger partial charge in [-0.2, -0.15) is 5.10 Å². The fraction of sp³-hybridized carbons (Fsp3) is 0.100. The van der Waals surface area contributed by atoms with Crippen LogP contribution in [0.1, 0.15) is 12.1 Å². The van der Waals surface area contributed by atoms with Crippen molar-refractivity contribution in [2.24, 2.45) is 0 Å². The molecule has 4 nitrogen and oxygen atoms in total. The van der Waals surface area contributed by atoms with Gasteiger partial charge in [-0.3, -0.25) is 0 Å². The third-order valence-corrected chi connectivity index (χ3v) is 4.03. The molecule has 2 aromatic rings. The Bertz CT molecular complexity index is 701. The summed E-state index contributed by atoms with van der Waals surface area (Å²) in [6.45, 7) is 0. The van der Waals surface area contributed by atoms with E-state index in [9.17, 15) is 17.2 Å². The van der Waals surface area contributed by atoms with Crippen LogP contribution in [0.25, 0.3) is 5.69 Å². The number of rotatable bonds is 3. The normalized spacial score (nSPS) is 12.1. The van der Waals surface area contributed by atoms with Crippen LogP contribution in [0.4, 0.5) is 8.78 Å². The van der Waals surface area contributed by atoms with Gasteiger partial charge in [0.05, 0.1) is 5.69 Å². The van der Waals surface area contributed by atoms with E-state index in [0.29, 0.717) is 5.69 Å². The predicted molar refractivity (Wildman–Crippen MR) is 69.3 cm³/mol. The van der Waals surface area contributed by atoms with E-state index in [1.165, 1.54) is 12.1 Å². The van der Waals surface area contributed by atoms with Crippen LogP contribution in [0, 0.1) is 0 Å². The van der Waals surface area contributed by atoms with Crippen LogP contribution in [-0.4, -0.2) is 18.2 Å². The molecule has 1 aromatic carbocycles. The lowest BCUT2D eigenvalue weighted by molar-refractivity contribution is 0.145. The third-order valence-electron chi connectivity index (χ3n) is 2.24. The van der Waals surface area contributed by atoms with E-state index in [0.717, 1.165) is 15.2 Å². The summed E-state index contributed by atoms with van der Waals surface area (Å²) in [7, 11) is 1.04. The number of nitrogens with zero attached hydrogens (tertiary/aromatic N) is 2. The summed E-state index contributed by atoms with van der Waals surface area (Å²) in [5, 5.41) is 3.07. The molecule has 0 saturated carbocycles. The Balaban J connectivity index is 2.64. The molecular weight excluding hydrogens is 366 g/mol. The van der Waals surface area contributed by atoms with E-state index in [2.05, 4.69) is 21.0 Å². The molecule has 0 fully saturated rings. The van der Waals surface area contributed by atoms with E-state index < -0.39 is 26.2 Å². The van der Waals surface area contributed by atoms with Crippen molar-refractivity contribution in [1.29, 1.82) is 0 Å². The zero-order chi connectivity index (χ0) is 14.2. The molecule has 0 bridgehead atoms. The van der Waals surface area contributed by atoms with Crippen LogP contribution >= 0.6 is 26.6 Å². The van der Waals surface area contributed by atoms with Gasteiger partial charge < -0.3 is 0 Å². The number of alkyl halides is 2. The highest BCUT2D eigenvalue weighted by Crippen LogP contribution is 2.26. The van der Waals surface area contributed by atoms with Gasteiger partial charge in [-0.25, -0.2) is 21.9 Å². The molecular formula is C10H6BrClF2N2O2S. The summed E-state index contributed by atoms with van der Waals surface area (Å²) < 4.78 is 49.6. The minimum Gasteiger partial charge on any atom is -0.220 e. The SMILES string of the molecule is O=S(=O)(Cl)c1cc(C(F)F)nn1-c1ccc(Br)cc1. The summed E-state index contributed by atoms with van der Waals surface area (Å²) in [6.07, 6.45) is -2.88. The summed E-state index contributed by atoms with van der Waals surface area (Å²) in [5.41, 5.74) is -0.337. The van der Waals surface area contributed by atoms with Gasteiger partial charge in [-0.05, 0) is 24.3 Å². The van der Waals surface area contributed by atoms with Gasteiger partial charge in [0.1, 0.15) is 5.69 Å². The van der Waals surface area contributed by atoms with Gasteiger partial charge in [0.25, 0.3) is 15.5 Å². The first-order valence-electron chi connectivity index (χ1n) is 4.88. The lowest BCUT2D eigenvalue weighted by Gasteiger charge is -2.04. The van der Waals surface area contributed by atoms with Crippen LogP contribution < -0.4 is 0 Å². The fourth-order valence-corrected chi connectivity index (χ4v) is 2.64. The molecule has 0 unspecified atom stereocenters. The maximum atomic E-state index is 12.6. The summed E-state index contributed by atoms with van der Waals surface area (Å²) in [5.74, 6) is 0. The van der Waals surface area contributed by atoms with E-state index in [4.69, 9.17) is 10.7 Å². The highest BCUT2D eigenvalue weighted by molar-refractivity contribution is 9.10. The average molecular weight is 372 g/mol. The second-order valence-electron chi connectivity index (χ2n) is 3.53. The van der Waals surface area contributed by atoms with Gasteiger partial charge >= 0.3 is 0 Å². The van der Waals surface area contributed by atoms with E-state index in [1.807, 2.05) is 0 Å². The van der Waals surface area contributed by atoms with Gasteiger partial charge in [0.15, 0.2) is 5.03 Å². The summed E-state index contributed by atoms with van der Waals surface area (Å²) >= 11 is 3.21. The Hall–Kier alpha value is -0.990. The molecule has 0 aliphatic heterocycles. The van der Waals surface area contributed by atoms with Crippen LogP contribution in [0.2, 0.25) is 0 Å². The smallest absolute Gasteiger partial charge is 0.220 e. The summed E-state index contributed by atoms with van der Waals surface area (Å²) in [4.78, 5) is 0. The van der Waals surface area contributed by atoms with E-state index in [-0.39, 0.29) is 0 Å². The number of aromatic nitrogens is 2. The maximum absolute atomic E-state index is 12.6. The Labute approximate surface area is 120 Å². The Morgan fingerprint density at radius 3 is 2.32 bits per heavy atom. The zero-order valence-electron chi connectivity index (χ0n) is 9.10. The van der Waals surface area contributed by atoms with Crippen molar-refractivity contribution in [1.82, 2.24) is 9.78 Å². The fourth-order valence-electron chi connectivity index (χ4n) is 1.43. The van der Waals surface area contributed by atoms with Gasteiger partial charge in [0, 0.05) is 21.2 Å². The van der Waals surface area contributed by atoms with Crippen molar-refractivity contribution in [3.63, 3.8) is 0 Å². The molecule has 0 amide bonds. The van der Waals surface area contributed by atoms with Gasteiger partial charge in [-0.1, -0.05) is 15.9 Å². The van der Waals surface area contributed by atoms with Crippen LogP contribution in [0.3, 0.4) is 0 Å². The number of hydrogen-bond donors (Lipinski definition) is 0. The van der Waals surface area contributed by atoms with Crippen molar-refractivity contribution < 1.29 is 17.2 Å². The second-order valence-corrected chi connectivity index (χ2v) is 6.96. The largest absolute Gasteiger partial charge is 0.282 e. The molecule has 0 aliphatic carbocycles. The van der Waals surface area contributed by atoms with Crippen molar-refractivity contribution in [2.75, 3.05) is 0 Å². The number of hydrogen-bond acceptors (Lipinski definition) is 3. The first kappa shape index (κ1) is 14.4. The molecule has 0 N–H and O–H groups in total. The molecule has 19 heavy (non-hydrogen) atoms. The first-order chi connectivity index (χ1) is 8.79. The molecule has 1 aromatic heterocycles. The van der Waals surface area contributed by atoms with Crippen molar-refractivity contribution in [3.05, 3.63) is 40.5 Å². The quantitative estimate of drug-likeness (QED) is 0.776.